The van der Waals surface area contributed by atoms with Gasteiger partial charge >= 0.3 is 5.97 Å². The van der Waals surface area contributed by atoms with E-state index in [1.807, 2.05) is 6.92 Å². The number of hydrogen-bond donors (Lipinski definition) is 1. The number of aryl methyl sites for hydroxylation is 1. The Morgan fingerprint density at radius 1 is 1.37 bits per heavy atom. The van der Waals surface area contributed by atoms with Gasteiger partial charge in [0.15, 0.2) is 0 Å². The fraction of sp³-hybridized carbons (Fsp3) is 0.600. The van der Waals surface area contributed by atoms with Gasteiger partial charge in [0.05, 0.1) is 0 Å². The summed E-state index contributed by atoms with van der Waals surface area (Å²) in [5, 5.41) is 9.45. The van der Waals surface area contributed by atoms with Crippen LogP contribution in [0.1, 0.15) is 48.0 Å². The summed E-state index contributed by atoms with van der Waals surface area (Å²) in [5.41, 5.74) is 1.19. The summed E-state index contributed by atoms with van der Waals surface area (Å²) in [7, 11) is 0. The monoisotopic (exact) mass is 260 g/mol. The molecule has 1 N–H and O–H groups in total. The SMILES string of the molecule is Cc1ccnc(N2CCCC3CCCC32)c1C(=O)O. The molecule has 1 aromatic heterocycles. The average Bonchev–Trinajstić information content (AvgIpc) is 2.85. The molecule has 2 heterocycles. The largest absolute Gasteiger partial charge is 0.478 e. The highest BCUT2D eigenvalue weighted by molar-refractivity contribution is 5.95. The highest BCUT2D eigenvalue weighted by Crippen LogP contribution is 2.39. The molecule has 1 saturated carbocycles. The van der Waals surface area contributed by atoms with E-state index in [0.717, 1.165) is 24.4 Å². The van der Waals surface area contributed by atoms with Crippen LogP contribution in [0.15, 0.2) is 12.3 Å². The Morgan fingerprint density at radius 3 is 2.95 bits per heavy atom. The topological polar surface area (TPSA) is 53.4 Å². The van der Waals surface area contributed by atoms with Crippen molar-refractivity contribution in [1.29, 1.82) is 0 Å². The van der Waals surface area contributed by atoms with E-state index in [2.05, 4.69) is 9.88 Å². The summed E-state index contributed by atoms with van der Waals surface area (Å²) in [6.45, 7) is 2.79. The molecule has 19 heavy (non-hydrogen) atoms. The molecule has 1 aromatic rings. The smallest absolute Gasteiger partial charge is 0.339 e. The van der Waals surface area contributed by atoms with Crippen LogP contribution in [0.4, 0.5) is 5.82 Å². The number of carboxylic acid groups (broad SMARTS) is 1. The maximum atomic E-state index is 11.5. The summed E-state index contributed by atoms with van der Waals surface area (Å²) in [4.78, 5) is 18.2. The van der Waals surface area contributed by atoms with Crippen molar-refractivity contribution in [2.75, 3.05) is 11.4 Å². The molecule has 4 heteroatoms. The second kappa shape index (κ2) is 4.83. The lowest BCUT2D eigenvalue weighted by atomic mass is 9.91. The van der Waals surface area contributed by atoms with Crippen molar-refractivity contribution in [3.8, 4) is 0 Å². The van der Waals surface area contributed by atoms with Crippen LogP contribution in [0.25, 0.3) is 0 Å². The Hall–Kier alpha value is -1.58. The first kappa shape index (κ1) is 12.5. The number of aromatic nitrogens is 1. The van der Waals surface area contributed by atoms with E-state index in [9.17, 15) is 9.90 Å². The van der Waals surface area contributed by atoms with Crippen molar-refractivity contribution in [2.45, 2.75) is 45.1 Å². The third-order valence-corrected chi connectivity index (χ3v) is 4.62. The molecule has 2 fully saturated rings. The molecule has 0 radical (unpaired) electrons. The zero-order valence-electron chi connectivity index (χ0n) is 11.3. The first-order chi connectivity index (χ1) is 9.18. The summed E-state index contributed by atoms with van der Waals surface area (Å²) in [5.74, 6) is 0.558. The van der Waals surface area contributed by atoms with Crippen LogP contribution in [-0.4, -0.2) is 28.6 Å². The maximum Gasteiger partial charge on any atom is 0.339 e. The molecule has 1 aliphatic carbocycles. The van der Waals surface area contributed by atoms with Crippen molar-refractivity contribution >= 4 is 11.8 Å². The second-order valence-corrected chi connectivity index (χ2v) is 5.73. The Bertz CT molecular complexity index is 501. The first-order valence-electron chi connectivity index (χ1n) is 7.14. The minimum absolute atomic E-state index is 0.384. The van der Waals surface area contributed by atoms with Crippen molar-refractivity contribution in [2.24, 2.45) is 5.92 Å². The van der Waals surface area contributed by atoms with Gasteiger partial charge in [0.1, 0.15) is 11.4 Å². The zero-order valence-corrected chi connectivity index (χ0v) is 11.3. The van der Waals surface area contributed by atoms with Gasteiger partial charge in [-0.3, -0.25) is 0 Å². The van der Waals surface area contributed by atoms with Gasteiger partial charge in [0.25, 0.3) is 0 Å². The Morgan fingerprint density at radius 2 is 2.16 bits per heavy atom. The Labute approximate surface area is 113 Å². The van der Waals surface area contributed by atoms with E-state index in [-0.39, 0.29) is 0 Å². The van der Waals surface area contributed by atoms with Gasteiger partial charge in [-0.05, 0) is 50.2 Å². The molecule has 2 atom stereocenters. The predicted octanol–water partition coefficient (Wildman–Crippen LogP) is 2.86. The molecule has 0 bridgehead atoms. The van der Waals surface area contributed by atoms with E-state index in [4.69, 9.17) is 0 Å². The number of anilines is 1. The quantitative estimate of drug-likeness (QED) is 0.888. The highest BCUT2D eigenvalue weighted by Gasteiger charge is 2.37. The van der Waals surface area contributed by atoms with E-state index in [1.165, 1.54) is 25.7 Å². The van der Waals surface area contributed by atoms with Crippen LogP contribution in [0.3, 0.4) is 0 Å². The van der Waals surface area contributed by atoms with Gasteiger partial charge in [0.2, 0.25) is 0 Å². The maximum absolute atomic E-state index is 11.5. The van der Waals surface area contributed by atoms with Crippen molar-refractivity contribution < 1.29 is 9.90 Å². The van der Waals surface area contributed by atoms with Gasteiger partial charge in [-0.1, -0.05) is 6.42 Å². The molecule has 102 valence electrons. The minimum atomic E-state index is -0.860. The van der Waals surface area contributed by atoms with E-state index >= 15 is 0 Å². The average molecular weight is 260 g/mol. The van der Waals surface area contributed by atoms with Crippen LogP contribution in [0.2, 0.25) is 0 Å². The standard InChI is InChI=1S/C15H20N2O2/c1-10-7-8-16-14(13(10)15(18)19)17-9-3-5-11-4-2-6-12(11)17/h7-8,11-12H,2-6,9H2,1H3,(H,18,19). The number of nitrogens with zero attached hydrogens (tertiary/aromatic N) is 2. The van der Waals surface area contributed by atoms with Crippen LogP contribution in [0, 0.1) is 12.8 Å². The minimum Gasteiger partial charge on any atom is -0.478 e. The summed E-state index contributed by atoms with van der Waals surface area (Å²) in [6.07, 6.45) is 7.90. The molecule has 0 spiro atoms. The number of rotatable bonds is 2. The van der Waals surface area contributed by atoms with Crippen molar-refractivity contribution in [1.82, 2.24) is 4.98 Å². The molecule has 0 aromatic carbocycles. The number of hydrogen-bond acceptors (Lipinski definition) is 3. The van der Waals surface area contributed by atoms with E-state index in [0.29, 0.717) is 17.4 Å². The van der Waals surface area contributed by atoms with Gasteiger partial charge in [-0.25, -0.2) is 9.78 Å². The molecule has 1 saturated heterocycles. The van der Waals surface area contributed by atoms with E-state index in [1.54, 1.807) is 12.3 Å². The molecule has 0 amide bonds. The Balaban J connectivity index is 2.01. The Kier molecular flexibility index (Phi) is 3.17. The number of aromatic carboxylic acids is 1. The van der Waals surface area contributed by atoms with Gasteiger partial charge in [-0.15, -0.1) is 0 Å². The fourth-order valence-corrected chi connectivity index (χ4v) is 3.74. The van der Waals surface area contributed by atoms with Gasteiger partial charge < -0.3 is 10.0 Å². The highest BCUT2D eigenvalue weighted by atomic mass is 16.4. The molecule has 3 rings (SSSR count). The fourth-order valence-electron chi connectivity index (χ4n) is 3.74. The predicted molar refractivity (Wildman–Crippen MR) is 73.6 cm³/mol. The summed E-state index contributed by atoms with van der Waals surface area (Å²) in [6, 6.07) is 2.28. The van der Waals surface area contributed by atoms with Gasteiger partial charge in [0, 0.05) is 18.8 Å². The summed E-state index contributed by atoms with van der Waals surface area (Å²) >= 11 is 0. The molecule has 2 unspecified atom stereocenters. The normalized spacial score (nSPS) is 26.3. The molecule has 1 aliphatic heterocycles. The van der Waals surface area contributed by atoms with E-state index < -0.39 is 5.97 Å². The molecule has 2 aliphatic rings. The number of fused-ring (bicyclic) bond motifs is 1. The number of piperidine rings is 1. The third kappa shape index (κ3) is 2.09. The lowest BCUT2D eigenvalue weighted by Crippen LogP contribution is -2.43. The zero-order chi connectivity index (χ0) is 13.4. The van der Waals surface area contributed by atoms with Crippen LogP contribution >= 0.6 is 0 Å². The number of pyridine rings is 1. The van der Waals surface area contributed by atoms with Crippen molar-refractivity contribution in [3.63, 3.8) is 0 Å². The molecule has 4 nitrogen and oxygen atoms in total. The molecular weight excluding hydrogens is 240 g/mol. The number of carbonyl (C=O) groups is 1. The second-order valence-electron chi connectivity index (χ2n) is 5.73. The lowest BCUT2D eigenvalue weighted by molar-refractivity contribution is 0.0696. The van der Waals surface area contributed by atoms with Gasteiger partial charge in [-0.2, -0.15) is 0 Å². The van der Waals surface area contributed by atoms with Crippen LogP contribution in [-0.2, 0) is 0 Å². The third-order valence-electron chi connectivity index (χ3n) is 4.62. The lowest BCUT2D eigenvalue weighted by Gasteiger charge is -2.39. The van der Waals surface area contributed by atoms with Crippen LogP contribution in [0.5, 0.6) is 0 Å². The van der Waals surface area contributed by atoms with Crippen LogP contribution < -0.4 is 4.90 Å². The number of carboxylic acids is 1. The summed E-state index contributed by atoms with van der Waals surface area (Å²) < 4.78 is 0. The molecular formula is C15H20N2O2. The first-order valence-corrected chi connectivity index (χ1v) is 7.14. The van der Waals surface area contributed by atoms with Crippen molar-refractivity contribution in [3.05, 3.63) is 23.4 Å².